The van der Waals surface area contributed by atoms with Crippen LogP contribution in [-0.4, -0.2) is 40.7 Å². The summed E-state index contributed by atoms with van der Waals surface area (Å²) in [5, 5.41) is 11.1. The van der Waals surface area contributed by atoms with Gasteiger partial charge in [0.2, 0.25) is 0 Å². The van der Waals surface area contributed by atoms with Crippen molar-refractivity contribution in [1.29, 1.82) is 0 Å². The molecule has 1 saturated heterocycles. The number of hydrogen-bond donors (Lipinski definition) is 1. The first-order valence-corrected chi connectivity index (χ1v) is 10.6. The highest BCUT2D eigenvalue weighted by molar-refractivity contribution is 5.88. The normalized spacial score (nSPS) is 19.9. The summed E-state index contributed by atoms with van der Waals surface area (Å²) in [4.78, 5) is 26.6. The van der Waals surface area contributed by atoms with Gasteiger partial charge in [-0.15, -0.1) is 0 Å². The molecule has 1 aliphatic heterocycles. The minimum Gasteiger partial charge on any atom is -0.480 e. The molecule has 1 unspecified atom stereocenters. The van der Waals surface area contributed by atoms with Crippen molar-refractivity contribution in [2.45, 2.75) is 64.6 Å². The topological polar surface area (TPSA) is 80.0 Å². The van der Waals surface area contributed by atoms with Crippen molar-refractivity contribution < 1.29 is 19.1 Å². The van der Waals surface area contributed by atoms with Crippen LogP contribution in [0.3, 0.4) is 0 Å². The second-order valence-corrected chi connectivity index (χ2v) is 8.54. The first-order valence-electron chi connectivity index (χ1n) is 10.6. The van der Waals surface area contributed by atoms with Crippen LogP contribution in [0.25, 0.3) is 11.0 Å². The van der Waals surface area contributed by atoms with Crippen LogP contribution in [0.5, 0.6) is 5.75 Å². The molecule has 156 valence electrons. The quantitative estimate of drug-likeness (QED) is 0.781. The summed E-state index contributed by atoms with van der Waals surface area (Å²) in [5.74, 6) is 0.832. The van der Waals surface area contributed by atoms with E-state index < -0.39 is 11.7 Å². The molecule has 2 fully saturated rings. The first-order chi connectivity index (χ1) is 13.8. The second-order valence-electron chi connectivity index (χ2n) is 8.54. The minimum absolute atomic E-state index is 0.0451. The highest BCUT2D eigenvalue weighted by atomic mass is 16.5. The van der Waals surface area contributed by atoms with Crippen LogP contribution in [0.1, 0.15) is 50.7 Å². The maximum Gasteiger partial charge on any atom is 0.336 e. The molecule has 0 spiro atoms. The molecule has 29 heavy (non-hydrogen) atoms. The Balaban J connectivity index is 1.52. The monoisotopic (exact) mass is 399 g/mol. The molecule has 2 heterocycles. The van der Waals surface area contributed by atoms with Crippen molar-refractivity contribution in [3.8, 4) is 5.75 Å². The Bertz CT molecular complexity index is 983. The number of fused-ring (bicyclic) bond motifs is 1. The fraction of sp³-hybridized carbons (Fsp3) is 0.565. The number of nitrogens with zero attached hydrogens (tertiary/aromatic N) is 1. The summed E-state index contributed by atoms with van der Waals surface area (Å²) in [6, 6.07) is 5.20. The fourth-order valence-corrected chi connectivity index (χ4v) is 4.51. The van der Waals surface area contributed by atoms with Gasteiger partial charge in [0.1, 0.15) is 11.3 Å². The van der Waals surface area contributed by atoms with E-state index in [2.05, 4.69) is 0 Å². The number of carbonyl (C=O) groups is 1. The predicted octanol–water partition coefficient (Wildman–Crippen LogP) is 3.19. The van der Waals surface area contributed by atoms with Gasteiger partial charge >= 0.3 is 5.63 Å². The summed E-state index contributed by atoms with van der Waals surface area (Å²) >= 11 is 0. The number of ether oxygens (including phenoxy) is 1. The van der Waals surface area contributed by atoms with Crippen molar-refractivity contribution >= 4 is 16.9 Å². The van der Waals surface area contributed by atoms with Gasteiger partial charge in [-0.05, 0) is 75.1 Å². The molecular formula is C23H29NO5. The summed E-state index contributed by atoms with van der Waals surface area (Å²) in [6.07, 6.45) is 3.49. The van der Waals surface area contributed by atoms with Gasteiger partial charge in [-0.1, -0.05) is 6.92 Å². The number of likely N-dealkylation sites (tertiary alicyclic amines) is 1. The van der Waals surface area contributed by atoms with Gasteiger partial charge in [0, 0.05) is 19.2 Å². The highest BCUT2D eigenvalue weighted by Crippen LogP contribution is 2.46. The van der Waals surface area contributed by atoms with Crippen LogP contribution < -0.4 is 10.4 Å². The van der Waals surface area contributed by atoms with Crippen LogP contribution in [-0.2, 0) is 11.2 Å². The molecular weight excluding hydrogens is 370 g/mol. The molecule has 1 saturated carbocycles. The SMILES string of the molecule is CCc1cc(=O)oc2cc(C)cc(OC(C)C(=O)N3CCC(C4(O)CC4)CC3)c12. The Morgan fingerprint density at radius 2 is 2.00 bits per heavy atom. The predicted molar refractivity (Wildman–Crippen MR) is 110 cm³/mol. The third kappa shape index (κ3) is 3.90. The number of hydrogen-bond acceptors (Lipinski definition) is 5. The van der Waals surface area contributed by atoms with Crippen molar-refractivity contribution in [3.63, 3.8) is 0 Å². The lowest BCUT2D eigenvalue weighted by atomic mass is 9.89. The van der Waals surface area contributed by atoms with Crippen LogP contribution >= 0.6 is 0 Å². The Hall–Kier alpha value is -2.34. The van der Waals surface area contributed by atoms with Crippen LogP contribution in [0, 0.1) is 12.8 Å². The molecule has 1 aromatic heterocycles. The fourth-order valence-electron chi connectivity index (χ4n) is 4.51. The van der Waals surface area contributed by atoms with Crippen LogP contribution in [0.15, 0.2) is 27.4 Å². The molecule has 6 nitrogen and oxygen atoms in total. The van der Waals surface area contributed by atoms with Gasteiger partial charge in [0.15, 0.2) is 6.10 Å². The Morgan fingerprint density at radius 1 is 1.31 bits per heavy atom. The first kappa shape index (κ1) is 20.0. The van der Waals surface area contributed by atoms with E-state index in [1.54, 1.807) is 6.92 Å². The number of amides is 1. The van der Waals surface area contributed by atoms with E-state index >= 15 is 0 Å². The number of carbonyl (C=O) groups excluding carboxylic acids is 1. The number of aliphatic hydroxyl groups is 1. The molecule has 1 N–H and O–H groups in total. The van der Waals surface area contributed by atoms with Crippen LogP contribution in [0.2, 0.25) is 0 Å². The Morgan fingerprint density at radius 3 is 2.62 bits per heavy atom. The average molecular weight is 399 g/mol. The van der Waals surface area contributed by atoms with Crippen molar-refractivity contribution in [3.05, 3.63) is 39.7 Å². The maximum absolute atomic E-state index is 13.0. The zero-order valence-corrected chi connectivity index (χ0v) is 17.4. The molecule has 2 aromatic rings. The molecule has 0 bridgehead atoms. The second kappa shape index (κ2) is 7.48. The van der Waals surface area contributed by atoms with E-state index in [0.29, 0.717) is 36.8 Å². The molecule has 1 aliphatic carbocycles. The lowest BCUT2D eigenvalue weighted by molar-refractivity contribution is -0.140. The molecule has 2 aliphatic rings. The van der Waals surface area contributed by atoms with Gasteiger partial charge in [-0.3, -0.25) is 4.79 Å². The van der Waals surface area contributed by atoms with E-state index in [1.807, 2.05) is 30.9 Å². The van der Waals surface area contributed by atoms with E-state index in [0.717, 1.165) is 42.2 Å². The van der Waals surface area contributed by atoms with Gasteiger partial charge in [-0.2, -0.15) is 0 Å². The lowest BCUT2D eigenvalue weighted by Crippen LogP contribution is -2.46. The standard InChI is InChI=1S/C23H29NO5/c1-4-16-13-20(25)29-19-12-14(2)11-18(21(16)19)28-15(3)22(26)24-9-5-17(6-10-24)23(27)7-8-23/h11-13,15,17,27H,4-10H2,1-3H3. The van der Waals surface area contributed by atoms with Crippen molar-refractivity contribution in [2.24, 2.45) is 5.92 Å². The lowest BCUT2D eigenvalue weighted by Gasteiger charge is -2.35. The van der Waals surface area contributed by atoms with E-state index in [4.69, 9.17) is 9.15 Å². The number of aryl methyl sites for hydroxylation is 2. The van der Waals surface area contributed by atoms with Gasteiger partial charge in [-0.25, -0.2) is 4.79 Å². The van der Waals surface area contributed by atoms with E-state index in [1.165, 1.54) is 6.07 Å². The summed E-state index contributed by atoms with van der Waals surface area (Å²) in [6.45, 7) is 6.96. The Labute approximate surface area is 170 Å². The van der Waals surface area contributed by atoms with Crippen molar-refractivity contribution in [1.82, 2.24) is 4.90 Å². The summed E-state index contributed by atoms with van der Waals surface area (Å²) in [5.41, 5.74) is 1.39. The van der Waals surface area contributed by atoms with Gasteiger partial charge in [0.05, 0.1) is 11.0 Å². The highest BCUT2D eigenvalue weighted by Gasteiger charge is 2.48. The minimum atomic E-state index is -0.641. The van der Waals surface area contributed by atoms with Gasteiger partial charge < -0.3 is 19.2 Å². The Kier molecular flexibility index (Phi) is 5.15. The summed E-state index contributed by atoms with van der Waals surface area (Å²) in [7, 11) is 0. The molecule has 0 radical (unpaired) electrons. The average Bonchev–Trinajstić information content (AvgIpc) is 3.44. The smallest absolute Gasteiger partial charge is 0.336 e. The zero-order chi connectivity index (χ0) is 20.8. The molecule has 6 heteroatoms. The largest absolute Gasteiger partial charge is 0.480 e. The number of benzene rings is 1. The van der Waals surface area contributed by atoms with Crippen LogP contribution in [0.4, 0.5) is 0 Å². The summed E-state index contributed by atoms with van der Waals surface area (Å²) < 4.78 is 11.5. The molecule has 4 rings (SSSR count). The number of rotatable bonds is 5. The van der Waals surface area contributed by atoms with E-state index in [9.17, 15) is 14.7 Å². The molecule has 1 amide bonds. The van der Waals surface area contributed by atoms with Crippen molar-refractivity contribution in [2.75, 3.05) is 13.1 Å². The zero-order valence-electron chi connectivity index (χ0n) is 17.4. The van der Waals surface area contributed by atoms with Gasteiger partial charge in [0.25, 0.3) is 5.91 Å². The molecule has 1 atom stereocenters. The third-order valence-electron chi connectivity index (χ3n) is 6.40. The molecule has 1 aromatic carbocycles. The number of piperidine rings is 1. The van der Waals surface area contributed by atoms with E-state index in [-0.39, 0.29) is 11.5 Å². The maximum atomic E-state index is 13.0. The third-order valence-corrected chi connectivity index (χ3v) is 6.40.